The second kappa shape index (κ2) is 27.6. The van der Waals surface area contributed by atoms with E-state index in [1.807, 2.05) is 150 Å². The fourth-order valence-electron chi connectivity index (χ4n) is 18.1. The van der Waals surface area contributed by atoms with Gasteiger partial charge < -0.3 is 22.9 Å². The summed E-state index contributed by atoms with van der Waals surface area (Å²) in [4.78, 5) is 45.0. The summed E-state index contributed by atoms with van der Waals surface area (Å²) in [6.45, 7) is 76.4. The van der Waals surface area contributed by atoms with Gasteiger partial charge in [0.1, 0.15) is 0 Å². The molecule has 17 nitrogen and oxygen atoms in total. The molecule has 24 rings (SSSR count). The molecule has 0 fully saturated rings. The quantitative estimate of drug-likeness (QED) is 0.0856. The number of fused-ring (bicyclic) bond motifs is 36. The second-order valence-electron chi connectivity index (χ2n) is 29.4. The third kappa shape index (κ3) is 10.4. The van der Waals surface area contributed by atoms with Crippen molar-refractivity contribution in [1.29, 1.82) is 5.26 Å². The molecule has 0 aliphatic rings. The number of hydrogen-bond donors (Lipinski definition) is 0. The van der Waals surface area contributed by atoms with Crippen LogP contribution in [0.2, 0.25) is 0 Å². The fourth-order valence-corrected chi connectivity index (χ4v) is 18.1. The number of hydrogen-bond acceptors (Lipinski definition) is 3. The molecular weight excluding hydrogens is 1500 g/mol. The van der Waals surface area contributed by atoms with Gasteiger partial charge in [-0.2, -0.15) is 5.26 Å². The van der Waals surface area contributed by atoms with Crippen LogP contribution in [-0.2, 0) is 0 Å². The molecule has 0 bridgehead atoms. The van der Waals surface area contributed by atoms with E-state index >= 15 is 0 Å². The summed E-state index contributed by atoms with van der Waals surface area (Å²) in [5.74, 6) is 0.0736. The highest BCUT2D eigenvalue weighted by molar-refractivity contribution is 6.29. The number of rotatable bonds is 0. The van der Waals surface area contributed by atoms with Crippen molar-refractivity contribution in [3.8, 4) is 6.07 Å². The molecule has 0 atom stereocenters. The lowest BCUT2D eigenvalue weighted by Crippen LogP contribution is -1.96. The van der Waals surface area contributed by atoms with Crippen molar-refractivity contribution in [1.82, 2.24) is 27.6 Å². The first-order chi connectivity index (χ1) is 60.0. The van der Waals surface area contributed by atoms with Gasteiger partial charge in [-0.15, -0.1) is 9.97 Å². The van der Waals surface area contributed by atoms with Gasteiger partial charge in [-0.3, -0.25) is 43.2 Å². The third-order valence-corrected chi connectivity index (χ3v) is 23.3. The summed E-state index contributed by atoms with van der Waals surface area (Å²) in [5.41, 5.74) is 13.0. The van der Waals surface area contributed by atoms with Crippen LogP contribution in [0.15, 0.2) is 285 Å². The van der Waals surface area contributed by atoms with Gasteiger partial charge in [-0.25, -0.2) is 0 Å². The van der Waals surface area contributed by atoms with Gasteiger partial charge in [0.15, 0.2) is 28.4 Å². The summed E-state index contributed by atoms with van der Waals surface area (Å²) in [6.07, 6.45) is 0. The van der Waals surface area contributed by atoms with E-state index in [9.17, 15) is 5.26 Å². The normalized spacial score (nSPS) is 11.2. The largest absolute Gasteiger partial charge is 0.370 e. The van der Waals surface area contributed by atoms with Gasteiger partial charge in [0, 0.05) is 65.0 Å². The van der Waals surface area contributed by atoms with Crippen LogP contribution in [0.25, 0.3) is 244 Å². The van der Waals surface area contributed by atoms with Gasteiger partial charge in [-0.05, 0) is 185 Å². The molecule has 0 spiro atoms. The number of aromatic nitrogens is 6. The molecule has 9 heterocycles. The van der Waals surface area contributed by atoms with Crippen molar-refractivity contribution in [2.75, 3.05) is 0 Å². The van der Waals surface area contributed by atoms with Gasteiger partial charge in [-0.1, -0.05) is 189 Å². The summed E-state index contributed by atoms with van der Waals surface area (Å²) in [5, 5.41) is 33.5. The standard InChI is InChI=1S/C28H11N5.C27H12N4.C26H13N3.C24H11N5/c1-30-25-21(15-29)28-24(26(31-2)27(25)32-3)20-13-17-9-5-4-8-16(17)12-19(20)23-14-18-10-6-7-11-22(18)33(23)28;1-28-21-15-24-25(27(30-3)26(21)29-2)20-13-17-9-5-4-8-16(17)12-19(20)23-14-18-10-6-7-11-22(18)31(23)24;1-27-22-14-21-19-11-16-7-3-4-8-17(16)12-20(19)25-13-18-9-5-6-10-24(18)29(25)26(21)15-23(22)28-2;1-25-22-23(26-2)28-24-21(27-22)18-12-15-8-4-3-7-14(15)11-17(18)20-13-16-9-5-6-10-19(16)29(20)24/h4-14H;4-15H;3-15H;3-13H. The number of pyridine rings is 4. The Morgan fingerprint density at radius 3 is 0.975 bits per heavy atom. The van der Waals surface area contributed by atoms with E-state index in [4.69, 9.17) is 65.7 Å². The molecule has 0 aliphatic carbocycles. The lowest BCUT2D eigenvalue weighted by atomic mass is 9.95. The Morgan fingerprint density at radius 1 is 0.230 bits per heavy atom. The molecule has 122 heavy (non-hydrogen) atoms. The van der Waals surface area contributed by atoms with Crippen LogP contribution >= 0.6 is 0 Å². The minimum Gasteiger partial charge on any atom is -0.370 e. The van der Waals surface area contributed by atoms with Crippen molar-refractivity contribution >= 4 is 253 Å². The van der Waals surface area contributed by atoms with E-state index in [2.05, 4.69) is 211 Å². The van der Waals surface area contributed by atoms with E-state index in [1.54, 1.807) is 6.07 Å². The Hall–Kier alpha value is -19.0. The maximum atomic E-state index is 10.2. The highest BCUT2D eigenvalue weighted by Gasteiger charge is 2.28. The molecule has 0 amide bonds. The van der Waals surface area contributed by atoms with E-state index in [0.29, 0.717) is 33.4 Å². The Bertz CT molecular complexity index is 9270. The first-order valence-electron chi connectivity index (χ1n) is 38.3. The van der Waals surface area contributed by atoms with Crippen LogP contribution in [0, 0.1) is 77.1 Å². The summed E-state index contributed by atoms with van der Waals surface area (Å²) in [7, 11) is 0. The highest BCUT2D eigenvalue weighted by Crippen LogP contribution is 2.53. The van der Waals surface area contributed by atoms with E-state index in [-0.39, 0.29) is 51.3 Å². The monoisotopic (exact) mass is 1550 g/mol. The number of benzene rings is 15. The Balaban J connectivity index is 0.000000100. The molecule has 0 saturated heterocycles. The Labute approximate surface area is 692 Å². The van der Waals surface area contributed by atoms with Crippen LogP contribution < -0.4 is 0 Å². The van der Waals surface area contributed by atoms with Crippen LogP contribution in [0.4, 0.5) is 57.1 Å². The third-order valence-electron chi connectivity index (χ3n) is 23.3. The van der Waals surface area contributed by atoms with Gasteiger partial charge in [0.2, 0.25) is 22.6 Å². The minimum atomic E-state index is -0.0646. The SMILES string of the molecule is [C-]#[N+]c1c([N+]#[C-])c(C#N)c2c(c1[N+]#[C-])c1cc3ccccc3cc1c1cc3ccccc3n12.[C-]#[N+]c1cc2c(c([N+]#[C-])c1[N+]#[C-])c1cc3ccccc3cc1c1cc3ccccc3n12.[C-]#[N+]c1cc2c3cc4ccccc4cc3c3cc4ccccc4n3c2cc1[N+]#[C-].[C-]#[N+]c1nc2c3cc4ccccc4cc3c3cc4ccccc4n3c2nc1[N+]#[C-]. The number of para-hydroxylation sites is 4. The van der Waals surface area contributed by atoms with Crippen molar-refractivity contribution in [2.24, 2.45) is 0 Å². The smallest absolute Gasteiger partial charge is 0.295 e. The molecule has 24 aromatic rings. The predicted molar refractivity (Wildman–Crippen MR) is 493 cm³/mol. The van der Waals surface area contributed by atoms with Crippen molar-refractivity contribution in [2.45, 2.75) is 0 Å². The number of nitriles is 1. The molecule has 0 saturated carbocycles. The molecule has 0 aliphatic heterocycles. The van der Waals surface area contributed by atoms with Crippen molar-refractivity contribution in [3.05, 3.63) is 405 Å². The molecule has 0 unspecified atom stereocenters. The summed E-state index contributed by atoms with van der Waals surface area (Å²) < 4.78 is 8.37. The lowest BCUT2D eigenvalue weighted by molar-refractivity contribution is 1.23. The van der Waals surface area contributed by atoms with Gasteiger partial charge >= 0.3 is 0 Å². The lowest BCUT2D eigenvalue weighted by Gasteiger charge is -2.16. The van der Waals surface area contributed by atoms with E-state index < -0.39 is 0 Å². The van der Waals surface area contributed by atoms with Crippen LogP contribution in [-0.4, -0.2) is 27.6 Å². The average Bonchev–Trinajstić information content (AvgIpc) is 1.39. The molecular formula is C105H47N17. The Morgan fingerprint density at radius 2 is 0.541 bits per heavy atom. The minimum absolute atomic E-state index is 0.0340. The number of nitrogens with zero attached hydrogens (tertiary/aromatic N) is 17. The van der Waals surface area contributed by atoms with Crippen LogP contribution in [0.3, 0.4) is 0 Å². The topological polar surface area (TPSA) is 111 Å². The van der Waals surface area contributed by atoms with E-state index in [1.165, 1.54) is 10.8 Å². The van der Waals surface area contributed by atoms with Crippen molar-refractivity contribution < 1.29 is 0 Å². The summed E-state index contributed by atoms with van der Waals surface area (Å²) in [6, 6.07) is 98.4. The molecule has 552 valence electrons. The average molecular weight is 1550 g/mol. The molecule has 0 radical (unpaired) electrons. The maximum absolute atomic E-state index is 10.2. The molecule has 15 aromatic carbocycles. The zero-order valence-electron chi connectivity index (χ0n) is 63.7. The molecule has 0 N–H and O–H groups in total. The first-order valence-corrected chi connectivity index (χ1v) is 38.3. The predicted octanol–water partition coefficient (Wildman–Crippen LogP) is 30.4. The van der Waals surface area contributed by atoms with Gasteiger partial charge in [0.25, 0.3) is 17.3 Å². The highest BCUT2D eigenvalue weighted by atomic mass is 15.1. The van der Waals surface area contributed by atoms with E-state index in [0.717, 1.165) is 163 Å². The van der Waals surface area contributed by atoms with Crippen LogP contribution in [0.1, 0.15) is 5.56 Å². The molecule has 17 heteroatoms. The maximum Gasteiger partial charge on any atom is 0.295 e. The van der Waals surface area contributed by atoms with Crippen LogP contribution in [0.5, 0.6) is 0 Å². The van der Waals surface area contributed by atoms with Gasteiger partial charge in [0.05, 0.1) is 108 Å². The fraction of sp³-hybridized carbons (Fsp3) is 0. The Kier molecular flexibility index (Phi) is 16.0. The molecule has 9 aromatic heterocycles. The van der Waals surface area contributed by atoms with Crippen molar-refractivity contribution in [3.63, 3.8) is 0 Å². The summed E-state index contributed by atoms with van der Waals surface area (Å²) >= 11 is 0. The zero-order chi connectivity index (χ0) is 82.9. The zero-order valence-corrected chi connectivity index (χ0v) is 63.7. The second-order valence-corrected chi connectivity index (χ2v) is 29.4. The first kappa shape index (κ1) is 70.8.